The fraction of sp³-hybridized carbons (Fsp3) is 0.615. The van der Waals surface area contributed by atoms with Gasteiger partial charge >= 0.3 is 0 Å². The van der Waals surface area contributed by atoms with E-state index in [1.165, 1.54) is 7.05 Å². The molecule has 0 bridgehead atoms. The van der Waals surface area contributed by atoms with Gasteiger partial charge in [-0.1, -0.05) is 13.8 Å². The lowest BCUT2D eigenvalue weighted by molar-refractivity contribution is 0.0514. The Hall–Kier alpha value is -1.43. The van der Waals surface area contributed by atoms with E-state index >= 15 is 0 Å². The van der Waals surface area contributed by atoms with Crippen molar-refractivity contribution in [3.8, 4) is 0 Å². The number of pyridine rings is 1. The Bertz CT molecular complexity index is 436. The molecule has 0 fully saturated rings. The Labute approximate surface area is 112 Å². The van der Waals surface area contributed by atoms with E-state index in [1.54, 1.807) is 6.92 Å². The van der Waals surface area contributed by atoms with Crippen LogP contribution in [0, 0.1) is 17.6 Å². The first-order chi connectivity index (χ1) is 8.75. The van der Waals surface area contributed by atoms with Crippen molar-refractivity contribution in [1.29, 1.82) is 0 Å². The van der Waals surface area contributed by atoms with Crippen LogP contribution in [0.5, 0.6) is 0 Å². The fourth-order valence-electron chi connectivity index (χ4n) is 1.99. The van der Waals surface area contributed by atoms with Crippen molar-refractivity contribution in [2.45, 2.75) is 32.8 Å². The number of halogens is 2. The number of aromatic nitrogens is 1. The van der Waals surface area contributed by atoms with E-state index in [9.17, 15) is 13.9 Å². The van der Waals surface area contributed by atoms with Crippen LogP contribution in [0.3, 0.4) is 0 Å². The van der Waals surface area contributed by atoms with Gasteiger partial charge in [-0.05, 0) is 19.3 Å². The smallest absolute Gasteiger partial charge is 0.168 e. The Morgan fingerprint density at radius 2 is 1.89 bits per heavy atom. The highest BCUT2D eigenvalue weighted by Gasteiger charge is 2.22. The van der Waals surface area contributed by atoms with Gasteiger partial charge in [-0.2, -0.15) is 0 Å². The van der Waals surface area contributed by atoms with Gasteiger partial charge in [-0.25, -0.2) is 13.8 Å². The largest absolute Gasteiger partial charge is 0.388 e. The molecule has 0 spiro atoms. The number of nitrogens with one attached hydrogen (secondary N) is 2. The minimum atomic E-state index is -0.976. The van der Waals surface area contributed by atoms with Crippen LogP contribution in [0.1, 0.15) is 27.2 Å². The molecule has 0 aliphatic heterocycles. The molecular formula is C13H21F2N3O. The molecule has 108 valence electrons. The molecule has 0 saturated carbocycles. The standard InChI is InChI=1S/C13H21F2N3O/c1-8(2)6-13(3,19)7-17-12-10(15)5-9(14)11(16-4)18-12/h5,8,19H,6-7H2,1-4H3,(H2,16,17,18). The number of hydrogen-bond acceptors (Lipinski definition) is 4. The minimum Gasteiger partial charge on any atom is -0.388 e. The second-order valence-corrected chi connectivity index (χ2v) is 5.35. The average Bonchev–Trinajstić information content (AvgIpc) is 2.26. The van der Waals surface area contributed by atoms with Crippen molar-refractivity contribution >= 4 is 11.6 Å². The highest BCUT2D eigenvalue weighted by atomic mass is 19.1. The molecule has 0 aromatic carbocycles. The Morgan fingerprint density at radius 3 is 2.42 bits per heavy atom. The molecule has 1 atom stereocenters. The van der Waals surface area contributed by atoms with E-state index in [4.69, 9.17) is 0 Å². The van der Waals surface area contributed by atoms with Crippen LogP contribution in [0.25, 0.3) is 0 Å². The van der Waals surface area contributed by atoms with E-state index in [0.717, 1.165) is 6.07 Å². The van der Waals surface area contributed by atoms with Crippen molar-refractivity contribution in [2.75, 3.05) is 24.2 Å². The van der Waals surface area contributed by atoms with E-state index in [-0.39, 0.29) is 18.2 Å². The van der Waals surface area contributed by atoms with E-state index < -0.39 is 17.2 Å². The SMILES string of the molecule is CNc1nc(NCC(C)(O)CC(C)C)c(F)cc1F. The third kappa shape index (κ3) is 4.63. The molecule has 4 nitrogen and oxygen atoms in total. The maximum atomic E-state index is 13.5. The molecule has 0 saturated heterocycles. The van der Waals surface area contributed by atoms with Gasteiger partial charge in [0.15, 0.2) is 23.3 Å². The quantitative estimate of drug-likeness (QED) is 0.745. The van der Waals surface area contributed by atoms with E-state index in [2.05, 4.69) is 15.6 Å². The zero-order chi connectivity index (χ0) is 14.6. The van der Waals surface area contributed by atoms with Gasteiger partial charge in [0.1, 0.15) is 0 Å². The molecule has 0 aliphatic rings. The summed E-state index contributed by atoms with van der Waals surface area (Å²) < 4.78 is 26.8. The predicted octanol–water partition coefficient (Wildman–Crippen LogP) is 2.61. The second-order valence-electron chi connectivity index (χ2n) is 5.35. The number of aliphatic hydroxyl groups is 1. The lowest BCUT2D eigenvalue weighted by Gasteiger charge is -2.26. The van der Waals surface area contributed by atoms with Gasteiger partial charge in [0, 0.05) is 19.7 Å². The van der Waals surface area contributed by atoms with E-state index in [1.807, 2.05) is 13.8 Å². The van der Waals surface area contributed by atoms with Crippen molar-refractivity contribution in [1.82, 2.24) is 4.98 Å². The summed E-state index contributed by atoms with van der Waals surface area (Å²) in [6.45, 7) is 5.79. The average molecular weight is 273 g/mol. The van der Waals surface area contributed by atoms with Crippen LogP contribution >= 0.6 is 0 Å². The number of hydrogen-bond donors (Lipinski definition) is 3. The predicted molar refractivity (Wildman–Crippen MR) is 72.3 cm³/mol. The van der Waals surface area contributed by atoms with Crippen LogP contribution in [-0.4, -0.2) is 29.3 Å². The first kappa shape index (κ1) is 15.6. The maximum Gasteiger partial charge on any atom is 0.168 e. The zero-order valence-electron chi connectivity index (χ0n) is 11.7. The molecule has 0 amide bonds. The first-order valence-corrected chi connectivity index (χ1v) is 6.25. The molecule has 1 heterocycles. The summed E-state index contributed by atoms with van der Waals surface area (Å²) >= 11 is 0. The molecule has 19 heavy (non-hydrogen) atoms. The lowest BCUT2D eigenvalue weighted by atomic mass is 9.94. The molecule has 3 N–H and O–H groups in total. The second kappa shape index (κ2) is 6.14. The van der Waals surface area contributed by atoms with Crippen molar-refractivity contribution in [3.63, 3.8) is 0 Å². The zero-order valence-corrected chi connectivity index (χ0v) is 11.7. The molecular weight excluding hydrogens is 252 g/mol. The summed E-state index contributed by atoms with van der Waals surface area (Å²) in [7, 11) is 1.50. The Kier molecular flexibility index (Phi) is 5.05. The summed E-state index contributed by atoms with van der Waals surface area (Å²) in [6, 6.07) is 0.762. The first-order valence-electron chi connectivity index (χ1n) is 6.25. The normalized spacial score (nSPS) is 14.3. The van der Waals surface area contributed by atoms with Gasteiger partial charge in [0.05, 0.1) is 5.60 Å². The highest BCUT2D eigenvalue weighted by molar-refractivity contribution is 5.47. The van der Waals surface area contributed by atoms with Crippen molar-refractivity contribution < 1.29 is 13.9 Å². The topological polar surface area (TPSA) is 57.2 Å². The van der Waals surface area contributed by atoms with Gasteiger partial charge in [0.25, 0.3) is 0 Å². The van der Waals surface area contributed by atoms with Gasteiger partial charge in [0.2, 0.25) is 0 Å². The van der Waals surface area contributed by atoms with Gasteiger partial charge in [-0.3, -0.25) is 0 Å². The fourth-order valence-corrected chi connectivity index (χ4v) is 1.99. The maximum absolute atomic E-state index is 13.5. The molecule has 1 rings (SSSR count). The summed E-state index contributed by atoms with van der Waals surface area (Å²) in [5.41, 5.74) is -0.976. The molecule has 1 aromatic rings. The van der Waals surface area contributed by atoms with Crippen molar-refractivity contribution in [2.24, 2.45) is 5.92 Å². The monoisotopic (exact) mass is 273 g/mol. The van der Waals surface area contributed by atoms with Crippen LogP contribution in [0.15, 0.2) is 6.07 Å². The minimum absolute atomic E-state index is 0.0348. The number of rotatable bonds is 6. The molecule has 1 unspecified atom stereocenters. The number of nitrogens with zero attached hydrogens (tertiary/aromatic N) is 1. The molecule has 1 aromatic heterocycles. The Morgan fingerprint density at radius 1 is 1.32 bits per heavy atom. The van der Waals surface area contributed by atoms with Gasteiger partial charge < -0.3 is 15.7 Å². The van der Waals surface area contributed by atoms with Crippen LogP contribution in [-0.2, 0) is 0 Å². The lowest BCUT2D eigenvalue weighted by Crippen LogP contribution is -2.35. The highest BCUT2D eigenvalue weighted by Crippen LogP contribution is 2.21. The third-order valence-electron chi connectivity index (χ3n) is 2.65. The van der Waals surface area contributed by atoms with Crippen LogP contribution in [0.2, 0.25) is 0 Å². The van der Waals surface area contributed by atoms with Crippen LogP contribution < -0.4 is 10.6 Å². The Balaban J connectivity index is 2.77. The van der Waals surface area contributed by atoms with Crippen LogP contribution in [0.4, 0.5) is 20.4 Å². The summed E-state index contributed by atoms with van der Waals surface area (Å²) in [5.74, 6) is -1.32. The summed E-state index contributed by atoms with van der Waals surface area (Å²) in [4.78, 5) is 3.79. The molecule has 6 heteroatoms. The molecule has 0 radical (unpaired) electrons. The summed E-state index contributed by atoms with van der Waals surface area (Å²) in [6.07, 6.45) is 0.571. The van der Waals surface area contributed by atoms with Gasteiger partial charge in [-0.15, -0.1) is 0 Å². The van der Waals surface area contributed by atoms with E-state index in [0.29, 0.717) is 12.3 Å². The third-order valence-corrected chi connectivity index (χ3v) is 2.65. The van der Waals surface area contributed by atoms with Crippen molar-refractivity contribution in [3.05, 3.63) is 17.7 Å². The molecule has 0 aliphatic carbocycles. The number of anilines is 2. The summed E-state index contributed by atoms with van der Waals surface area (Å²) in [5, 5.41) is 15.4.